The maximum absolute atomic E-state index is 12.5. The Hall–Kier alpha value is -2.86. The number of carbonyl (C=O) groups is 1. The Morgan fingerprint density at radius 2 is 2.00 bits per heavy atom. The Morgan fingerprint density at radius 3 is 2.74 bits per heavy atom. The fraction of sp³-hybridized carbons (Fsp3) is 0.176. The van der Waals surface area contributed by atoms with Crippen LogP contribution in [0.25, 0.3) is 0 Å². The molecule has 0 spiro atoms. The van der Waals surface area contributed by atoms with Crippen molar-refractivity contribution in [2.24, 2.45) is 10.8 Å². The maximum atomic E-state index is 12.5. The molecule has 6 nitrogen and oxygen atoms in total. The van der Waals surface area contributed by atoms with Crippen LogP contribution in [-0.4, -0.2) is 31.4 Å². The standard InChI is InChI=1S/C17H18N4O2/c1-23-14-9-5-6-12(10-14)17(22)20-16-15(18)11-19-21(16)13-7-3-2-4-8-13/h2-11,15-16H,18H2,1H3,(H,20,22). The van der Waals surface area contributed by atoms with Gasteiger partial charge in [0.05, 0.1) is 18.8 Å². The van der Waals surface area contributed by atoms with Crippen LogP contribution in [0.2, 0.25) is 0 Å². The molecule has 2 aromatic carbocycles. The largest absolute Gasteiger partial charge is 0.497 e. The van der Waals surface area contributed by atoms with Crippen molar-refractivity contribution in [1.29, 1.82) is 0 Å². The first-order valence-electron chi connectivity index (χ1n) is 7.28. The minimum absolute atomic E-state index is 0.226. The van der Waals surface area contributed by atoms with Crippen LogP contribution in [0.4, 0.5) is 5.69 Å². The summed E-state index contributed by atoms with van der Waals surface area (Å²) in [5.41, 5.74) is 7.44. The Bertz CT molecular complexity index is 718. The highest BCUT2D eigenvalue weighted by Gasteiger charge is 2.31. The summed E-state index contributed by atoms with van der Waals surface area (Å²) in [6.45, 7) is 0. The lowest BCUT2D eigenvalue weighted by Gasteiger charge is -2.27. The summed E-state index contributed by atoms with van der Waals surface area (Å²) in [4.78, 5) is 12.5. The number of anilines is 1. The Balaban J connectivity index is 1.78. The lowest BCUT2D eigenvalue weighted by atomic mass is 10.1. The van der Waals surface area contributed by atoms with Gasteiger partial charge in [0.25, 0.3) is 5.91 Å². The molecule has 6 heteroatoms. The van der Waals surface area contributed by atoms with Crippen LogP contribution in [0.1, 0.15) is 10.4 Å². The molecule has 3 rings (SSSR count). The molecule has 0 fully saturated rings. The summed E-state index contributed by atoms with van der Waals surface area (Å²) in [5.74, 6) is 0.403. The quantitative estimate of drug-likeness (QED) is 0.898. The van der Waals surface area contributed by atoms with E-state index in [1.807, 2.05) is 30.3 Å². The topological polar surface area (TPSA) is 79.9 Å². The van der Waals surface area contributed by atoms with Gasteiger partial charge in [0, 0.05) is 11.8 Å². The van der Waals surface area contributed by atoms with Crippen LogP contribution in [0, 0.1) is 0 Å². The van der Waals surface area contributed by atoms with Crippen LogP contribution in [-0.2, 0) is 0 Å². The average molecular weight is 310 g/mol. The van der Waals surface area contributed by atoms with Gasteiger partial charge in [0.1, 0.15) is 11.9 Å². The number of methoxy groups -OCH3 is 1. The van der Waals surface area contributed by atoms with E-state index in [0.717, 1.165) is 5.69 Å². The molecule has 3 N–H and O–H groups in total. The molecule has 23 heavy (non-hydrogen) atoms. The number of benzene rings is 2. The van der Waals surface area contributed by atoms with E-state index in [2.05, 4.69) is 10.4 Å². The number of nitrogens with two attached hydrogens (primary N) is 1. The number of hydrogen-bond acceptors (Lipinski definition) is 5. The number of nitrogens with one attached hydrogen (secondary N) is 1. The highest BCUT2D eigenvalue weighted by atomic mass is 16.5. The van der Waals surface area contributed by atoms with Gasteiger partial charge in [0.2, 0.25) is 0 Å². The van der Waals surface area contributed by atoms with Gasteiger partial charge in [-0.3, -0.25) is 4.79 Å². The second-order valence-electron chi connectivity index (χ2n) is 5.17. The molecule has 0 saturated carbocycles. The Labute approximate surface area is 134 Å². The number of amides is 1. The van der Waals surface area contributed by atoms with Gasteiger partial charge in [-0.25, -0.2) is 5.01 Å². The van der Waals surface area contributed by atoms with Crippen LogP contribution in [0.15, 0.2) is 59.7 Å². The molecule has 0 aliphatic carbocycles. The predicted octanol–water partition coefficient (Wildman–Crippen LogP) is 1.58. The highest BCUT2D eigenvalue weighted by Crippen LogP contribution is 2.21. The van der Waals surface area contributed by atoms with E-state index in [4.69, 9.17) is 10.5 Å². The first-order chi connectivity index (χ1) is 11.2. The number of hydrogen-bond donors (Lipinski definition) is 2. The minimum Gasteiger partial charge on any atom is -0.497 e. The molecule has 1 heterocycles. The van der Waals surface area contributed by atoms with Gasteiger partial charge >= 0.3 is 0 Å². The third kappa shape index (κ3) is 3.17. The molecule has 1 aliphatic rings. The van der Waals surface area contributed by atoms with Crippen molar-refractivity contribution in [3.63, 3.8) is 0 Å². The number of hydrazone groups is 1. The van der Waals surface area contributed by atoms with Gasteiger partial charge in [-0.05, 0) is 30.3 Å². The molecule has 0 radical (unpaired) electrons. The minimum atomic E-state index is -0.434. The lowest BCUT2D eigenvalue weighted by molar-refractivity contribution is 0.0935. The highest BCUT2D eigenvalue weighted by molar-refractivity contribution is 5.95. The van der Waals surface area contributed by atoms with Crippen LogP contribution in [0.3, 0.4) is 0 Å². The Morgan fingerprint density at radius 1 is 1.22 bits per heavy atom. The number of para-hydroxylation sites is 1. The zero-order chi connectivity index (χ0) is 16.2. The van der Waals surface area contributed by atoms with Gasteiger partial charge in [0.15, 0.2) is 0 Å². The normalized spacial score (nSPS) is 19.7. The average Bonchev–Trinajstić information content (AvgIpc) is 2.96. The summed E-state index contributed by atoms with van der Waals surface area (Å²) in [6, 6.07) is 16.2. The summed E-state index contributed by atoms with van der Waals surface area (Å²) in [5, 5.41) is 8.93. The van der Waals surface area contributed by atoms with Gasteiger partial charge in [-0.15, -0.1) is 0 Å². The van der Waals surface area contributed by atoms with Crippen LogP contribution >= 0.6 is 0 Å². The molecular formula is C17H18N4O2. The van der Waals surface area contributed by atoms with Crippen molar-refractivity contribution < 1.29 is 9.53 Å². The molecule has 1 amide bonds. The monoisotopic (exact) mass is 310 g/mol. The van der Waals surface area contributed by atoms with Crippen molar-refractivity contribution in [1.82, 2.24) is 5.32 Å². The number of carbonyl (C=O) groups excluding carboxylic acids is 1. The summed E-state index contributed by atoms with van der Waals surface area (Å²) in [6.07, 6.45) is 1.19. The van der Waals surface area contributed by atoms with E-state index in [-0.39, 0.29) is 11.9 Å². The zero-order valence-corrected chi connectivity index (χ0v) is 12.7. The van der Waals surface area contributed by atoms with E-state index in [9.17, 15) is 4.79 Å². The predicted molar refractivity (Wildman–Crippen MR) is 89.6 cm³/mol. The summed E-state index contributed by atoms with van der Waals surface area (Å²) < 4.78 is 5.15. The smallest absolute Gasteiger partial charge is 0.253 e. The molecule has 0 bridgehead atoms. The van der Waals surface area contributed by atoms with Gasteiger partial charge in [-0.2, -0.15) is 5.10 Å². The summed E-state index contributed by atoms with van der Waals surface area (Å²) in [7, 11) is 1.56. The second kappa shape index (κ2) is 6.50. The number of rotatable bonds is 4. The van der Waals surface area contributed by atoms with Crippen molar-refractivity contribution in [2.45, 2.75) is 12.2 Å². The lowest BCUT2D eigenvalue weighted by Crippen LogP contribution is -2.53. The number of ether oxygens (including phenoxy) is 1. The Kier molecular flexibility index (Phi) is 4.25. The molecule has 1 aliphatic heterocycles. The van der Waals surface area contributed by atoms with E-state index < -0.39 is 6.17 Å². The first kappa shape index (κ1) is 15.1. The van der Waals surface area contributed by atoms with Crippen molar-refractivity contribution in [2.75, 3.05) is 12.1 Å². The molecule has 2 atom stereocenters. The van der Waals surface area contributed by atoms with E-state index >= 15 is 0 Å². The SMILES string of the molecule is COc1cccc(C(=O)NC2C(N)C=NN2c2ccccc2)c1. The molecule has 118 valence electrons. The van der Waals surface area contributed by atoms with E-state index in [1.165, 1.54) is 0 Å². The second-order valence-corrected chi connectivity index (χ2v) is 5.17. The molecule has 2 aromatic rings. The fourth-order valence-corrected chi connectivity index (χ4v) is 2.41. The molecule has 0 aromatic heterocycles. The van der Waals surface area contributed by atoms with Gasteiger partial charge < -0.3 is 15.8 Å². The van der Waals surface area contributed by atoms with Crippen molar-refractivity contribution in [3.05, 3.63) is 60.2 Å². The third-order valence-corrected chi connectivity index (χ3v) is 3.62. The van der Waals surface area contributed by atoms with Crippen LogP contribution in [0.5, 0.6) is 5.75 Å². The first-order valence-corrected chi connectivity index (χ1v) is 7.28. The van der Waals surface area contributed by atoms with Crippen molar-refractivity contribution >= 4 is 17.8 Å². The van der Waals surface area contributed by atoms with E-state index in [0.29, 0.717) is 11.3 Å². The molecule has 0 saturated heterocycles. The van der Waals surface area contributed by atoms with Crippen LogP contribution < -0.4 is 20.8 Å². The molecular weight excluding hydrogens is 292 g/mol. The molecule has 2 unspecified atom stereocenters. The van der Waals surface area contributed by atoms with E-state index in [1.54, 1.807) is 42.6 Å². The zero-order valence-electron chi connectivity index (χ0n) is 12.7. The maximum Gasteiger partial charge on any atom is 0.253 e. The fourth-order valence-electron chi connectivity index (χ4n) is 2.41. The number of nitrogens with zero attached hydrogens (tertiary/aromatic N) is 2. The third-order valence-electron chi connectivity index (χ3n) is 3.62. The van der Waals surface area contributed by atoms with Crippen molar-refractivity contribution in [3.8, 4) is 5.75 Å². The summed E-state index contributed by atoms with van der Waals surface area (Å²) >= 11 is 0. The van der Waals surface area contributed by atoms with Gasteiger partial charge in [-0.1, -0.05) is 24.3 Å².